The average Bonchev–Trinajstić information content (AvgIpc) is 1.35. The van der Waals surface area contributed by atoms with E-state index in [1.807, 2.05) is 351 Å². The fourth-order valence-electron chi connectivity index (χ4n) is 9.53. The number of aryl methyl sites for hydroxylation is 4. The first-order chi connectivity index (χ1) is 56.8. The zero-order valence-corrected chi connectivity index (χ0v) is 74.2. The van der Waals surface area contributed by atoms with Gasteiger partial charge in [-0.05, 0) is 79.6 Å². The van der Waals surface area contributed by atoms with Crippen molar-refractivity contribution in [1.29, 1.82) is 0 Å². The van der Waals surface area contributed by atoms with Gasteiger partial charge in [0.15, 0.2) is 23.3 Å². The quantitative estimate of drug-likeness (QED) is 0.144. The van der Waals surface area contributed by atoms with Gasteiger partial charge in [0.2, 0.25) is 5.89 Å². The molecular weight excluding hydrogens is 1440 g/mol. The first-order valence-electron chi connectivity index (χ1n) is 41.8. The van der Waals surface area contributed by atoms with Gasteiger partial charge in [-0.15, -0.1) is 0 Å². The number of para-hydroxylation sites is 3. The maximum Gasteiger partial charge on any atom is 0.347 e. The molecule has 1 aliphatic rings. The first kappa shape index (κ1) is 106. The van der Waals surface area contributed by atoms with Crippen LogP contribution in [-0.2, 0) is 37.0 Å². The molecule has 0 aliphatic heterocycles. The fraction of sp³-hybridized carbons (Fsp3) is 0.333. The minimum Gasteiger partial charge on any atom is -0.507 e. The zero-order chi connectivity index (χ0) is 87.4. The van der Waals surface area contributed by atoms with Crippen LogP contribution in [0.3, 0.4) is 0 Å². The van der Waals surface area contributed by atoms with Crippen LogP contribution in [-0.4, -0.2) is 60.8 Å². The van der Waals surface area contributed by atoms with Crippen molar-refractivity contribution in [2.24, 2.45) is 0 Å². The van der Waals surface area contributed by atoms with Crippen LogP contribution >= 0.6 is 0 Å². The van der Waals surface area contributed by atoms with Gasteiger partial charge < -0.3 is 18.9 Å². The molecule has 0 spiro atoms. The van der Waals surface area contributed by atoms with Gasteiger partial charge in [-0.25, -0.2) is 39.5 Å². The second-order valence-corrected chi connectivity index (χ2v) is 22.2. The summed E-state index contributed by atoms with van der Waals surface area (Å²) >= 11 is 0. The number of aromatic nitrogens is 10. The molecule has 15 rings (SSSR count). The summed E-state index contributed by atoms with van der Waals surface area (Å²) in [5, 5.41) is 20.0. The van der Waals surface area contributed by atoms with E-state index in [0.717, 1.165) is 87.1 Å². The monoisotopic (exact) mass is 1580 g/mol. The molecule has 0 atom stereocenters. The first-order valence-corrected chi connectivity index (χ1v) is 41.8. The molecular formula is C99H134N10O7. The highest BCUT2D eigenvalue weighted by molar-refractivity contribution is 6.05. The summed E-state index contributed by atoms with van der Waals surface area (Å²) in [5.41, 5.74) is 8.48. The Labute approximate surface area is 693 Å². The summed E-state index contributed by atoms with van der Waals surface area (Å²) in [4.78, 5) is 77.1. The maximum atomic E-state index is 11.8. The Kier molecular flexibility index (Phi) is 61.7. The molecule has 2 N–H and O–H groups in total. The number of fused-ring (bicyclic) bond motifs is 5. The molecule has 17 nitrogen and oxygen atoms in total. The highest BCUT2D eigenvalue weighted by Crippen LogP contribution is 2.29. The third-order valence-corrected chi connectivity index (χ3v) is 14.4. The molecule has 622 valence electrons. The number of hydrogen-bond acceptors (Lipinski definition) is 15. The molecule has 0 unspecified atom stereocenters. The van der Waals surface area contributed by atoms with Crippen molar-refractivity contribution in [2.45, 2.75) is 225 Å². The van der Waals surface area contributed by atoms with Crippen LogP contribution < -0.4 is 16.8 Å². The number of hydrogen-bond donors (Lipinski definition) is 2. The van der Waals surface area contributed by atoms with Gasteiger partial charge in [-0.2, -0.15) is 15.0 Å². The Morgan fingerprint density at radius 1 is 0.353 bits per heavy atom. The number of aliphatic hydroxyl groups excluding tert-OH is 1. The lowest BCUT2D eigenvalue weighted by Crippen LogP contribution is -2.15. The van der Waals surface area contributed by atoms with E-state index in [4.69, 9.17) is 8.83 Å². The Hall–Kier alpha value is -12.0. The lowest BCUT2D eigenvalue weighted by molar-refractivity contribution is -0.115. The van der Waals surface area contributed by atoms with E-state index >= 15 is 0 Å². The van der Waals surface area contributed by atoms with E-state index < -0.39 is 0 Å². The van der Waals surface area contributed by atoms with Gasteiger partial charge in [0.05, 0.1) is 39.3 Å². The largest absolute Gasteiger partial charge is 0.507 e. The Morgan fingerprint density at radius 2 is 0.707 bits per heavy atom. The van der Waals surface area contributed by atoms with Crippen LogP contribution in [0.25, 0.3) is 83.7 Å². The number of benzene rings is 9. The van der Waals surface area contributed by atoms with Crippen molar-refractivity contribution >= 4 is 55.3 Å². The summed E-state index contributed by atoms with van der Waals surface area (Å²) in [7, 11) is 0. The van der Waals surface area contributed by atoms with E-state index in [-0.39, 0.29) is 28.4 Å². The molecule has 5 aromatic heterocycles. The minimum atomic E-state index is -0.352. The molecule has 0 fully saturated rings. The lowest BCUT2D eigenvalue weighted by Gasteiger charge is -2.17. The number of Topliss-reactive ketones (excluding diaryl/α,β-unsaturated/α-hetero) is 1. The molecule has 17 heteroatoms. The number of aliphatic hydroxyl groups is 1. The van der Waals surface area contributed by atoms with Gasteiger partial charge in [0.1, 0.15) is 28.4 Å². The molecule has 14 aromatic rings. The Morgan fingerprint density at radius 3 is 1.11 bits per heavy atom. The minimum absolute atomic E-state index is 0.0451. The summed E-state index contributed by atoms with van der Waals surface area (Å²) in [6, 6.07) is 78.5. The SMILES string of the molecule is CC.CC.CC.CC.CC.CC.CC.CC.CCC.CCC.CCC1=C(O)c2ccccc2CC1=O.CCc1nc(-c2ccccc2)nc(-c2ccccc2)n1.CCc1nc2ccccc2c(=O)[nH]1.CCc1nc2ccccc2c(=O)o1.CCn1nc2ccccc2n1.O=c1oc(-c2ccccc2)nc2ccccc12.c1ccccc1. The topological polar surface area (TPSA) is 239 Å². The summed E-state index contributed by atoms with van der Waals surface area (Å²) in [6.07, 6.45) is 5.70. The Bertz CT molecular complexity index is 4810. The molecule has 1 aliphatic carbocycles. The highest BCUT2D eigenvalue weighted by atomic mass is 16.4. The average molecular weight is 1580 g/mol. The standard InChI is InChI=1S/C17H15N3.C14H9NO2.C12H12O2.C10H10N2O.C10H9NO2.C8H9N3.C6H6.2C3H8.8C2H6/c1-2-15-18-16(13-9-5-3-6-10-13)20-17(19-15)14-11-7-4-8-12-14;16-14-11-8-4-5-9-12(11)15-13(17-14)10-6-2-1-3-7-10;1-2-9-11(13)7-8-5-3-4-6-10(8)12(9)14;1-2-9-11-8-6-4-3-5-7(8)10(13)12-9;1-2-9-11-8-6-4-3-5-7(8)10(12)13-9;1-2-11-9-7-5-3-4-6-8(7)10-11;1-2-4-6-5-3-1;2*1-3-2;8*1-2/h3-12H,2H2,1H3;1-9H;3-6,14H,2,7H2,1H3;3-6H,2H2,1H3,(H,11,12,13);3-6H,2H2,1H3;3-6H,2H2,1H3;1-6H;2*3H2,1-2H3;8*1-2H3. The number of nitrogens with one attached hydrogen (secondary N) is 1. The second kappa shape index (κ2) is 67.5. The summed E-state index contributed by atoms with van der Waals surface area (Å²) in [5.74, 6) is 4.08. The predicted octanol–water partition coefficient (Wildman–Crippen LogP) is 26.5. The van der Waals surface area contributed by atoms with Crippen molar-refractivity contribution in [1.82, 2.24) is 49.9 Å². The molecule has 116 heavy (non-hydrogen) atoms. The van der Waals surface area contributed by atoms with E-state index in [0.29, 0.717) is 63.8 Å². The molecule has 0 bridgehead atoms. The third kappa shape index (κ3) is 37.3. The number of ketones is 1. The van der Waals surface area contributed by atoms with Crippen LogP contribution in [0.1, 0.15) is 221 Å². The van der Waals surface area contributed by atoms with Gasteiger partial charge in [0, 0.05) is 53.5 Å². The van der Waals surface area contributed by atoms with Crippen LogP contribution in [0, 0.1) is 0 Å². The van der Waals surface area contributed by atoms with Crippen molar-refractivity contribution in [2.75, 3.05) is 0 Å². The van der Waals surface area contributed by atoms with Crippen LogP contribution in [0.15, 0.2) is 278 Å². The Balaban J connectivity index is 0. The van der Waals surface area contributed by atoms with E-state index in [2.05, 4.69) is 79.7 Å². The van der Waals surface area contributed by atoms with Crippen LogP contribution in [0.2, 0.25) is 0 Å². The highest BCUT2D eigenvalue weighted by Gasteiger charge is 2.23. The molecule has 5 heterocycles. The van der Waals surface area contributed by atoms with Crippen molar-refractivity contribution in [3.05, 3.63) is 314 Å². The number of aromatic amines is 1. The normalized spacial score (nSPS) is 9.75. The van der Waals surface area contributed by atoms with Gasteiger partial charge in [0.25, 0.3) is 5.56 Å². The van der Waals surface area contributed by atoms with Crippen molar-refractivity contribution in [3.8, 4) is 34.2 Å². The number of carbonyl (C=O) groups is 1. The number of nitrogens with zero attached hydrogens (tertiary/aromatic N) is 9. The smallest absolute Gasteiger partial charge is 0.347 e. The summed E-state index contributed by atoms with van der Waals surface area (Å²) in [6.45, 7) is 51.2. The number of rotatable bonds is 8. The third-order valence-electron chi connectivity index (χ3n) is 14.4. The van der Waals surface area contributed by atoms with Crippen LogP contribution in [0.5, 0.6) is 0 Å². The molecule has 0 amide bonds. The van der Waals surface area contributed by atoms with E-state index in [1.54, 1.807) is 41.2 Å². The van der Waals surface area contributed by atoms with Gasteiger partial charge in [-0.1, -0.05) is 367 Å². The number of H-pyrrole nitrogens is 1. The maximum absolute atomic E-state index is 11.8. The molecule has 0 saturated carbocycles. The van der Waals surface area contributed by atoms with E-state index in [1.165, 1.54) is 12.8 Å². The molecule has 0 saturated heterocycles. The number of carbonyl (C=O) groups excluding carboxylic acids is 1. The van der Waals surface area contributed by atoms with Gasteiger partial charge in [-0.3, -0.25) is 9.59 Å². The second-order valence-electron chi connectivity index (χ2n) is 22.2. The number of allylic oxidation sites excluding steroid dienone is 1. The zero-order valence-electron chi connectivity index (χ0n) is 74.2. The lowest BCUT2D eigenvalue weighted by atomic mass is 9.88. The molecule has 9 aromatic carbocycles. The van der Waals surface area contributed by atoms with Crippen LogP contribution in [0.4, 0.5) is 0 Å². The van der Waals surface area contributed by atoms with Crippen molar-refractivity contribution < 1.29 is 18.7 Å². The predicted molar refractivity (Wildman–Crippen MR) is 495 cm³/mol. The molecule has 0 radical (unpaired) electrons. The fourth-order valence-corrected chi connectivity index (χ4v) is 9.53. The van der Waals surface area contributed by atoms with Crippen molar-refractivity contribution in [3.63, 3.8) is 0 Å². The summed E-state index contributed by atoms with van der Waals surface area (Å²) < 4.78 is 10.2. The van der Waals surface area contributed by atoms with E-state index in [9.17, 15) is 24.3 Å². The van der Waals surface area contributed by atoms with Gasteiger partial charge >= 0.3 is 11.3 Å².